The molecule has 0 bridgehead atoms. The quantitative estimate of drug-likeness (QED) is 0.691. The molecule has 2 heterocycles. The molecule has 1 unspecified atom stereocenters. The minimum Gasteiger partial charge on any atom is -0.342 e. The number of likely N-dealkylation sites (tertiary alicyclic amines) is 1. The molecule has 3 aromatic rings. The predicted octanol–water partition coefficient (Wildman–Crippen LogP) is 3.91. The van der Waals surface area contributed by atoms with Crippen LogP contribution >= 0.6 is 0 Å². The lowest BCUT2D eigenvalue weighted by Gasteiger charge is -2.16. The van der Waals surface area contributed by atoms with E-state index >= 15 is 0 Å². The van der Waals surface area contributed by atoms with Gasteiger partial charge in [0.15, 0.2) is 5.82 Å². The van der Waals surface area contributed by atoms with Gasteiger partial charge in [-0.25, -0.2) is 0 Å². The van der Waals surface area contributed by atoms with Crippen LogP contribution in [0, 0.1) is 13.8 Å². The van der Waals surface area contributed by atoms with Gasteiger partial charge in [-0.3, -0.25) is 4.79 Å². The van der Waals surface area contributed by atoms with Gasteiger partial charge in [-0.2, -0.15) is 4.98 Å². The van der Waals surface area contributed by atoms with Crippen LogP contribution in [0.25, 0.3) is 11.5 Å². The number of benzene rings is 2. The average Bonchev–Trinajstić information content (AvgIpc) is 3.29. The number of aromatic nitrogens is 2. The lowest BCUT2D eigenvalue weighted by Crippen LogP contribution is -2.27. The molecule has 5 nitrogen and oxygen atoms in total. The van der Waals surface area contributed by atoms with Gasteiger partial charge in [0.05, 0.1) is 0 Å². The lowest BCUT2D eigenvalue weighted by atomic mass is 10.1. The highest BCUT2D eigenvalue weighted by molar-refractivity contribution is 5.79. The molecular weight excluding hydrogens is 338 g/mol. The monoisotopic (exact) mass is 361 g/mol. The number of amides is 1. The molecule has 0 N–H and O–H groups in total. The topological polar surface area (TPSA) is 59.2 Å². The highest BCUT2D eigenvalue weighted by Crippen LogP contribution is 2.29. The summed E-state index contributed by atoms with van der Waals surface area (Å²) >= 11 is 0. The van der Waals surface area contributed by atoms with Crippen molar-refractivity contribution < 1.29 is 9.32 Å². The molecule has 2 aromatic carbocycles. The number of hydrogen-bond donors (Lipinski definition) is 0. The molecule has 1 saturated heterocycles. The molecule has 0 spiro atoms. The van der Waals surface area contributed by atoms with Crippen LogP contribution in [0.4, 0.5) is 0 Å². The molecule has 1 aromatic heterocycles. The van der Waals surface area contributed by atoms with Crippen LogP contribution in [0.5, 0.6) is 0 Å². The van der Waals surface area contributed by atoms with Crippen molar-refractivity contribution in [2.45, 2.75) is 32.6 Å². The van der Waals surface area contributed by atoms with Crippen LogP contribution in [0.1, 0.15) is 34.9 Å². The maximum atomic E-state index is 12.4. The van der Waals surface area contributed by atoms with E-state index < -0.39 is 0 Å². The maximum absolute atomic E-state index is 12.4. The van der Waals surface area contributed by atoms with Gasteiger partial charge in [-0.15, -0.1) is 0 Å². The molecule has 0 saturated carbocycles. The van der Waals surface area contributed by atoms with Gasteiger partial charge in [0.25, 0.3) is 5.89 Å². The first kappa shape index (κ1) is 17.5. The van der Waals surface area contributed by atoms with Crippen molar-refractivity contribution in [3.63, 3.8) is 0 Å². The van der Waals surface area contributed by atoms with E-state index in [-0.39, 0.29) is 11.8 Å². The zero-order valence-corrected chi connectivity index (χ0v) is 15.7. The van der Waals surface area contributed by atoms with Gasteiger partial charge in [-0.05, 0) is 37.5 Å². The van der Waals surface area contributed by atoms with Crippen molar-refractivity contribution in [1.29, 1.82) is 0 Å². The van der Waals surface area contributed by atoms with Gasteiger partial charge in [0.2, 0.25) is 5.91 Å². The normalized spacial score (nSPS) is 16.9. The van der Waals surface area contributed by atoms with Crippen LogP contribution in [-0.2, 0) is 11.2 Å². The third-order valence-electron chi connectivity index (χ3n) is 5.19. The zero-order valence-electron chi connectivity index (χ0n) is 15.7. The molecule has 1 aliphatic rings. The number of aryl methyl sites for hydroxylation is 2. The second kappa shape index (κ2) is 7.35. The van der Waals surface area contributed by atoms with E-state index in [9.17, 15) is 4.79 Å². The Morgan fingerprint density at radius 2 is 1.89 bits per heavy atom. The maximum Gasteiger partial charge on any atom is 0.258 e. The van der Waals surface area contributed by atoms with Crippen molar-refractivity contribution in [2.75, 3.05) is 13.1 Å². The van der Waals surface area contributed by atoms with Crippen molar-refractivity contribution >= 4 is 5.91 Å². The van der Waals surface area contributed by atoms with E-state index in [1.807, 2.05) is 36.1 Å². The van der Waals surface area contributed by atoms with Gasteiger partial charge in [-0.1, -0.05) is 53.2 Å². The Bertz CT molecular complexity index is 946. The summed E-state index contributed by atoms with van der Waals surface area (Å²) < 4.78 is 5.46. The smallest absolute Gasteiger partial charge is 0.258 e. The van der Waals surface area contributed by atoms with Crippen molar-refractivity contribution in [3.8, 4) is 11.5 Å². The standard InChI is InChI=1S/C22H23N3O2/c1-15-7-9-17(10-8-15)11-12-25-14-18(13-20(25)26)21-23-22(27-24-21)19-6-4-3-5-16(19)2/h3-10,18H,11-14H2,1-2H3. The average molecular weight is 361 g/mol. The minimum atomic E-state index is -0.00274. The highest BCUT2D eigenvalue weighted by Gasteiger charge is 2.33. The molecule has 138 valence electrons. The molecule has 1 fully saturated rings. The molecule has 1 aliphatic heterocycles. The van der Waals surface area contributed by atoms with Gasteiger partial charge < -0.3 is 9.42 Å². The van der Waals surface area contributed by atoms with E-state index in [0.717, 1.165) is 24.1 Å². The van der Waals surface area contributed by atoms with Gasteiger partial charge in [0.1, 0.15) is 0 Å². The van der Waals surface area contributed by atoms with Crippen LogP contribution in [0.15, 0.2) is 53.1 Å². The SMILES string of the molecule is Cc1ccc(CCN2CC(c3noc(-c4ccccc4C)n3)CC2=O)cc1. The van der Waals surface area contributed by atoms with E-state index in [1.54, 1.807) is 0 Å². The predicted molar refractivity (Wildman–Crippen MR) is 103 cm³/mol. The van der Waals surface area contributed by atoms with Crippen molar-refractivity contribution in [1.82, 2.24) is 15.0 Å². The molecule has 0 aliphatic carbocycles. The summed E-state index contributed by atoms with van der Waals surface area (Å²) in [6, 6.07) is 16.4. The number of hydrogen-bond acceptors (Lipinski definition) is 4. The molecule has 0 radical (unpaired) electrons. The second-order valence-electron chi connectivity index (χ2n) is 7.25. The summed E-state index contributed by atoms with van der Waals surface area (Å²) in [6.07, 6.45) is 1.31. The Kier molecular flexibility index (Phi) is 4.75. The Hall–Kier alpha value is -2.95. The van der Waals surface area contributed by atoms with Crippen LogP contribution in [0.3, 0.4) is 0 Å². The number of carbonyl (C=O) groups is 1. The highest BCUT2D eigenvalue weighted by atomic mass is 16.5. The summed E-state index contributed by atoms with van der Waals surface area (Å²) in [6.45, 7) is 5.47. The Morgan fingerprint density at radius 3 is 2.67 bits per heavy atom. The fourth-order valence-corrected chi connectivity index (χ4v) is 3.50. The lowest BCUT2D eigenvalue weighted by molar-refractivity contribution is -0.127. The van der Waals surface area contributed by atoms with E-state index in [2.05, 4.69) is 41.3 Å². The fourth-order valence-electron chi connectivity index (χ4n) is 3.50. The fraction of sp³-hybridized carbons (Fsp3) is 0.318. The minimum absolute atomic E-state index is 0.00274. The first-order valence-electron chi connectivity index (χ1n) is 9.33. The Labute approximate surface area is 159 Å². The largest absolute Gasteiger partial charge is 0.342 e. The third-order valence-corrected chi connectivity index (χ3v) is 5.19. The molecule has 1 atom stereocenters. The zero-order chi connectivity index (χ0) is 18.8. The van der Waals surface area contributed by atoms with Gasteiger partial charge in [0, 0.05) is 31.0 Å². The summed E-state index contributed by atoms with van der Waals surface area (Å²) in [7, 11) is 0. The van der Waals surface area contributed by atoms with Crippen molar-refractivity contribution in [2.24, 2.45) is 0 Å². The van der Waals surface area contributed by atoms with Crippen LogP contribution < -0.4 is 0 Å². The number of carbonyl (C=O) groups excluding carboxylic acids is 1. The summed E-state index contributed by atoms with van der Waals surface area (Å²) in [4.78, 5) is 18.9. The van der Waals surface area contributed by atoms with E-state index in [4.69, 9.17) is 4.52 Å². The molecular formula is C22H23N3O2. The molecule has 5 heteroatoms. The second-order valence-corrected chi connectivity index (χ2v) is 7.25. The van der Waals surface area contributed by atoms with Crippen LogP contribution in [0.2, 0.25) is 0 Å². The third kappa shape index (κ3) is 3.77. The van der Waals surface area contributed by atoms with Crippen LogP contribution in [-0.4, -0.2) is 34.0 Å². The number of rotatable bonds is 5. The van der Waals surface area contributed by atoms with E-state index in [1.165, 1.54) is 11.1 Å². The Morgan fingerprint density at radius 1 is 1.11 bits per heavy atom. The molecule has 4 rings (SSSR count). The molecule has 1 amide bonds. The first-order valence-corrected chi connectivity index (χ1v) is 9.33. The summed E-state index contributed by atoms with van der Waals surface area (Å²) in [5.41, 5.74) is 4.53. The summed E-state index contributed by atoms with van der Waals surface area (Å²) in [5.74, 6) is 1.31. The first-order chi connectivity index (χ1) is 13.1. The van der Waals surface area contributed by atoms with Gasteiger partial charge >= 0.3 is 0 Å². The molecule has 27 heavy (non-hydrogen) atoms. The van der Waals surface area contributed by atoms with Crippen molar-refractivity contribution in [3.05, 3.63) is 71.0 Å². The number of nitrogens with zero attached hydrogens (tertiary/aromatic N) is 3. The Balaban J connectivity index is 1.42. The summed E-state index contributed by atoms with van der Waals surface area (Å²) in [5, 5.41) is 4.15. The van der Waals surface area contributed by atoms with E-state index in [0.29, 0.717) is 24.7 Å².